The van der Waals surface area contributed by atoms with Gasteiger partial charge >= 0.3 is 0 Å². The monoisotopic (exact) mass is 359 g/mol. The van der Waals surface area contributed by atoms with Crippen molar-refractivity contribution in [2.45, 2.75) is 19.3 Å². The molecular weight excluding hydrogens is 345 g/mol. The minimum atomic E-state index is -0.120. The van der Waals surface area contributed by atoms with E-state index in [4.69, 9.17) is 23.2 Å². The van der Waals surface area contributed by atoms with Crippen LogP contribution in [0.5, 0.6) is 0 Å². The Morgan fingerprint density at radius 2 is 1.96 bits per heavy atom. The zero-order valence-corrected chi connectivity index (χ0v) is 14.3. The van der Waals surface area contributed by atoms with Gasteiger partial charge in [-0.15, -0.1) is 0 Å². The molecule has 0 bridgehead atoms. The number of para-hydroxylation sites is 1. The van der Waals surface area contributed by atoms with E-state index in [0.717, 1.165) is 29.9 Å². The van der Waals surface area contributed by atoms with E-state index in [1.807, 2.05) is 24.4 Å². The number of nitrogens with zero attached hydrogens (tertiary/aromatic N) is 2. The Morgan fingerprint density at radius 3 is 2.75 bits per heavy atom. The van der Waals surface area contributed by atoms with Crippen molar-refractivity contribution in [1.82, 2.24) is 9.38 Å². The Kier molecular flexibility index (Phi) is 3.94. The summed E-state index contributed by atoms with van der Waals surface area (Å²) in [7, 11) is 0. The Balaban J connectivity index is 1.59. The van der Waals surface area contributed by atoms with Crippen LogP contribution in [0, 0.1) is 5.92 Å². The summed E-state index contributed by atoms with van der Waals surface area (Å²) in [5.41, 5.74) is 3.61. The number of fused-ring (bicyclic) bond motifs is 3. The fourth-order valence-corrected chi connectivity index (χ4v) is 3.72. The summed E-state index contributed by atoms with van der Waals surface area (Å²) in [4.78, 5) is 17.3. The summed E-state index contributed by atoms with van der Waals surface area (Å²) in [5.74, 6) is -0.175. The number of hydrogen-bond donors (Lipinski definition) is 1. The lowest BCUT2D eigenvalue weighted by atomic mass is 9.89. The van der Waals surface area contributed by atoms with Crippen LogP contribution in [0.3, 0.4) is 0 Å². The first-order chi connectivity index (χ1) is 11.6. The first-order valence-corrected chi connectivity index (χ1v) is 8.59. The van der Waals surface area contributed by atoms with Crippen LogP contribution in [0.1, 0.15) is 17.8 Å². The van der Waals surface area contributed by atoms with Crippen molar-refractivity contribution in [3.05, 3.63) is 64.0 Å². The summed E-state index contributed by atoms with van der Waals surface area (Å²) in [6.07, 6.45) is 4.22. The molecule has 1 aliphatic rings. The lowest BCUT2D eigenvalue weighted by Crippen LogP contribution is -2.28. The number of nitrogens with one attached hydrogen (secondary N) is 1. The summed E-state index contributed by atoms with van der Waals surface area (Å²) in [6.45, 7) is 0. The van der Waals surface area contributed by atoms with Crippen molar-refractivity contribution in [3.8, 4) is 0 Å². The van der Waals surface area contributed by atoms with Gasteiger partial charge in [0.25, 0.3) is 0 Å². The minimum absolute atomic E-state index is 0.0541. The third-order valence-electron chi connectivity index (χ3n) is 4.46. The molecule has 4 nitrogen and oxygen atoms in total. The molecule has 0 spiro atoms. The Bertz CT molecular complexity index is 915. The molecule has 2 aromatic heterocycles. The molecule has 122 valence electrons. The molecule has 3 aromatic rings. The van der Waals surface area contributed by atoms with E-state index in [1.54, 1.807) is 18.2 Å². The third kappa shape index (κ3) is 2.66. The molecule has 0 fully saturated rings. The first-order valence-electron chi connectivity index (χ1n) is 7.83. The van der Waals surface area contributed by atoms with Crippen LogP contribution in [0.15, 0.2) is 42.6 Å². The lowest BCUT2D eigenvalue weighted by Gasteiger charge is -2.22. The number of carbonyl (C=O) groups is 1. The number of rotatable bonds is 2. The van der Waals surface area contributed by atoms with Gasteiger partial charge in [-0.2, -0.15) is 0 Å². The maximum Gasteiger partial charge on any atom is 0.227 e. The van der Waals surface area contributed by atoms with Crippen molar-refractivity contribution in [2.24, 2.45) is 5.92 Å². The van der Waals surface area contributed by atoms with E-state index in [0.29, 0.717) is 22.2 Å². The number of anilines is 1. The topological polar surface area (TPSA) is 46.4 Å². The van der Waals surface area contributed by atoms with E-state index in [1.165, 1.54) is 0 Å². The second-order valence-electron chi connectivity index (χ2n) is 5.96. The summed E-state index contributed by atoms with van der Waals surface area (Å²) >= 11 is 12.3. The molecule has 1 aromatic carbocycles. The lowest BCUT2D eigenvalue weighted by molar-refractivity contribution is -0.120. The molecule has 0 radical (unpaired) electrons. The van der Waals surface area contributed by atoms with Gasteiger partial charge in [0.1, 0.15) is 5.65 Å². The van der Waals surface area contributed by atoms with Gasteiger partial charge < -0.3 is 9.72 Å². The molecule has 24 heavy (non-hydrogen) atoms. The molecule has 6 heteroatoms. The van der Waals surface area contributed by atoms with Crippen molar-refractivity contribution in [2.75, 3.05) is 5.32 Å². The van der Waals surface area contributed by atoms with Crippen LogP contribution in [0.25, 0.3) is 5.65 Å². The average Bonchev–Trinajstić information content (AvgIpc) is 2.96. The van der Waals surface area contributed by atoms with E-state index in [-0.39, 0.29) is 11.8 Å². The molecule has 1 N–H and O–H groups in total. The Hall–Kier alpha value is -2.04. The number of hydrogen-bond acceptors (Lipinski definition) is 2. The van der Waals surface area contributed by atoms with Gasteiger partial charge in [-0.3, -0.25) is 4.79 Å². The van der Waals surface area contributed by atoms with E-state index in [2.05, 4.69) is 14.7 Å². The summed E-state index contributed by atoms with van der Waals surface area (Å²) in [6, 6.07) is 11.1. The maximum atomic E-state index is 12.7. The van der Waals surface area contributed by atoms with Crippen LogP contribution in [0.4, 0.5) is 5.69 Å². The highest BCUT2D eigenvalue weighted by Gasteiger charge is 2.28. The fraction of sp³-hybridized carbons (Fsp3) is 0.222. The second kappa shape index (κ2) is 6.11. The quantitative estimate of drug-likeness (QED) is 0.737. The zero-order chi connectivity index (χ0) is 16.7. The van der Waals surface area contributed by atoms with Crippen LogP contribution in [-0.4, -0.2) is 15.3 Å². The molecule has 1 aliphatic carbocycles. The fourth-order valence-electron chi connectivity index (χ4n) is 3.22. The smallest absolute Gasteiger partial charge is 0.227 e. The molecule has 2 heterocycles. The number of carbonyl (C=O) groups excluding carboxylic acids is 1. The second-order valence-corrected chi connectivity index (χ2v) is 6.77. The van der Waals surface area contributed by atoms with Crippen molar-refractivity contribution >= 4 is 40.4 Å². The van der Waals surface area contributed by atoms with Crippen molar-refractivity contribution < 1.29 is 4.79 Å². The number of pyridine rings is 1. The van der Waals surface area contributed by atoms with Crippen molar-refractivity contribution in [3.63, 3.8) is 0 Å². The van der Waals surface area contributed by atoms with Crippen LogP contribution in [0.2, 0.25) is 10.0 Å². The van der Waals surface area contributed by atoms with Gasteiger partial charge in [-0.1, -0.05) is 35.3 Å². The van der Waals surface area contributed by atoms with Gasteiger partial charge in [-0.25, -0.2) is 4.98 Å². The molecule has 0 saturated heterocycles. The largest absolute Gasteiger partial charge is 0.323 e. The predicted octanol–water partition coefficient (Wildman–Crippen LogP) is 4.38. The normalized spacial score (nSPS) is 16.8. The number of aryl methyl sites for hydroxylation is 1. The van der Waals surface area contributed by atoms with Gasteiger partial charge in [0, 0.05) is 24.2 Å². The van der Waals surface area contributed by atoms with E-state index >= 15 is 0 Å². The SMILES string of the molecule is O=C(Nc1c(Cl)cccc1Cl)C1CCc2nc3ccccn3c2C1. The maximum absolute atomic E-state index is 12.7. The Morgan fingerprint density at radius 1 is 1.17 bits per heavy atom. The molecule has 0 aliphatic heterocycles. The number of imidazole rings is 1. The molecule has 1 unspecified atom stereocenters. The van der Waals surface area contributed by atoms with Gasteiger partial charge in [0.15, 0.2) is 0 Å². The Labute approximate surface area is 149 Å². The number of aromatic nitrogens is 2. The van der Waals surface area contributed by atoms with Crippen LogP contribution >= 0.6 is 23.2 Å². The zero-order valence-electron chi connectivity index (χ0n) is 12.8. The third-order valence-corrected chi connectivity index (χ3v) is 5.09. The standard InChI is InChI=1S/C18H15Cl2N3O/c19-12-4-3-5-13(20)17(12)22-18(24)11-7-8-14-15(10-11)23-9-2-1-6-16(23)21-14/h1-6,9,11H,7-8,10H2,(H,22,24). The summed E-state index contributed by atoms with van der Waals surface area (Å²) in [5, 5.41) is 3.78. The molecule has 1 amide bonds. The van der Waals surface area contributed by atoms with Gasteiger partial charge in [0.2, 0.25) is 5.91 Å². The molecule has 1 atom stereocenters. The number of halogens is 2. The summed E-state index contributed by atoms with van der Waals surface area (Å²) < 4.78 is 2.07. The highest BCUT2D eigenvalue weighted by atomic mass is 35.5. The predicted molar refractivity (Wildman–Crippen MR) is 95.8 cm³/mol. The van der Waals surface area contributed by atoms with Crippen LogP contribution in [-0.2, 0) is 17.6 Å². The van der Waals surface area contributed by atoms with Gasteiger partial charge in [-0.05, 0) is 37.1 Å². The van der Waals surface area contributed by atoms with Gasteiger partial charge in [0.05, 0.1) is 21.4 Å². The van der Waals surface area contributed by atoms with Crippen LogP contribution < -0.4 is 5.32 Å². The average molecular weight is 360 g/mol. The highest BCUT2D eigenvalue weighted by Crippen LogP contribution is 2.32. The van der Waals surface area contributed by atoms with E-state index in [9.17, 15) is 4.79 Å². The highest BCUT2D eigenvalue weighted by molar-refractivity contribution is 6.39. The minimum Gasteiger partial charge on any atom is -0.323 e. The number of benzene rings is 1. The van der Waals surface area contributed by atoms with Crippen molar-refractivity contribution in [1.29, 1.82) is 0 Å². The molecular formula is C18H15Cl2N3O. The first kappa shape index (κ1) is 15.5. The van der Waals surface area contributed by atoms with E-state index < -0.39 is 0 Å². The number of amides is 1. The molecule has 0 saturated carbocycles. The molecule has 4 rings (SSSR count).